The molecule has 1 aliphatic heterocycles. The second-order valence-corrected chi connectivity index (χ2v) is 9.92. The Morgan fingerprint density at radius 1 is 0.571 bits per heavy atom. The van der Waals surface area contributed by atoms with Gasteiger partial charge in [-0.3, -0.25) is 0 Å². The van der Waals surface area contributed by atoms with Gasteiger partial charge in [-0.15, -0.1) is 0 Å². The van der Waals surface area contributed by atoms with Crippen molar-refractivity contribution in [3.05, 3.63) is 116 Å². The van der Waals surface area contributed by atoms with Crippen LogP contribution in [-0.2, 0) is 15.1 Å². The SMILES string of the molecule is Cc1cc(C)c(C2=[C-]N(c3c(C)cc(C)cc3C)C=C(c3c(C)cc(C)cc3C)[CH]2)c(C)c1.[Cl][Cu+]. The Morgan fingerprint density at radius 2 is 0.943 bits per heavy atom. The molecular weight excluding hydrogens is 497 g/mol. The molecule has 0 N–H and O–H groups in total. The summed E-state index contributed by atoms with van der Waals surface area (Å²) in [5, 5.41) is 0. The molecule has 0 fully saturated rings. The summed E-state index contributed by atoms with van der Waals surface area (Å²) in [6.07, 6.45) is 8.34. The van der Waals surface area contributed by atoms with E-state index in [1.165, 1.54) is 72.5 Å². The summed E-state index contributed by atoms with van der Waals surface area (Å²) < 4.78 is 0. The molecule has 186 valence electrons. The molecular formula is C32H35ClCuN. The first-order valence-corrected chi connectivity index (χ1v) is 13.2. The number of aryl methyl sites for hydroxylation is 9. The summed E-state index contributed by atoms with van der Waals surface area (Å²) in [5.74, 6) is 0. The Morgan fingerprint density at radius 3 is 1.37 bits per heavy atom. The quantitative estimate of drug-likeness (QED) is 0.240. The van der Waals surface area contributed by atoms with Crippen LogP contribution in [0.5, 0.6) is 0 Å². The van der Waals surface area contributed by atoms with E-state index in [0.29, 0.717) is 0 Å². The Kier molecular flexibility index (Phi) is 8.76. The van der Waals surface area contributed by atoms with Crippen molar-refractivity contribution in [1.82, 2.24) is 0 Å². The van der Waals surface area contributed by atoms with E-state index in [4.69, 9.17) is 0 Å². The molecule has 35 heavy (non-hydrogen) atoms. The van der Waals surface area contributed by atoms with Crippen LogP contribution in [0.15, 0.2) is 42.6 Å². The molecule has 1 heterocycles. The molecule has 0 amide bonds. The average Bonchev–Trinajstić information content (AvgIpc) is 2.73. The molecule has 3 heteroatoms. The van der Waals surface area contributed by atoms with Gasteiger partial charge in [0.05, 0.1) is 0 Å². The molecule has 0 bridgehead atoms. The van der Waals surface area contributed by atoms with Crippen molar-refractivity contribution < 1.29 is 15.1 Å². The standard InChI is InChI=1S/C32H35N.ClH.Cu/c1-19-10-22(4)30(23(5)11-19)28-16-29(31-24(6)12-20(2)13-25(31)7)18-33(17-28)32-26(8)14-21(3)15-27(32)9;;/h10-17H,1-9H3;1H;/q-1;;+2/p-1. The average molecular weight is 533 g/mol. The van der Waals surface area contributed by atoms with Crippen molar-refractivity contribution in [2.45, 2.75) is 62.3 Å². The van der Waals surface area contributed by atoms with E-state index in [-0.39, 0.29) is 0 Å². The van der Waals surface area contributed by atoms with E-state index in [1.807, 2.05) is 0 Å². The molecule has 1 aliphatic rings. The van der Waals surface area contributed by atoms with E-state index in [0.717, 1.165) is 5.57 Å². The van der Waals surface area contributed by atoms with E-state index >= 15 is 0 Å². The van der Waals surface area contributed by atoms with Crippen LogP contribution in [0.1, 0.15) is 61.2 Å². The molecule has 1 nitrogen and oxygen atoms in total. The van der Waals surface area contributed by atoms with Crippen molar-refractivity contribution in [2.75, 3.05) is 4.90 Å². The van der Waals surface area contributed by atoms with Gasteiger partial charge in [0.2, 0.25) is 0 Å². The van der Waals surface area contributed by atoms with Gasteiger partial charge in [-0.2, -0.15) is 0 Å². The fourth-order valence-corrected chi connectivity index (χ4v) is 5.70. The van der Waals surface area contributed by atoms with Gasteiger partial charge in [0.25, 0.3) is 0 Å². The summed E-state index contributed by atoms with van der Waals surface area (Å²) in [7, 11) is 4.20. The summed E-state index contributed by atoms with van der Waals surface area (Å²) in [5.41, 5.74) is 17.8. The maximum absolute atomic E-state index is 4.20. The Balaban J connectivity index is 0.00000167. The molecule has 3 aromatic carbocycles. The molecule has 4 rings (SSSR count). The van der Waals surface area contributed by atoms with E-state index in [1.54, 1.807) is 0 Å². The van der Waals surface area contributed by atoms with E-state index in [2.05, 4.69) is 148 Å². The van der Waals surface area contributed by atoms with Crippen LogP contribution < -0.4 is 4.90 Å². The number of hydrogen-bond acceptors (Lipinski definition) is 1. The zero-order valence-corrected chi connectivity index (χ0v) is 23.9. The molecule has 0 aromatic heterocycles. The minimum atomic E-state index is 1.14. The third kappa shape index (κ3) is 5.78. The molecule has 0 atom stereocenters. The molecule has 3 aromatic rings. The van der Waals surface area contributed by atoms with Gasteiger partial charge in [-0.1, -0.05) is 104 Å². The Hall–Kier alpha value is -2.25. The van der Waals surface area contributed by atoms with Gasteiger partial charge < -0.3 is 4.90 Å². The zero-order chi connectivity index (χ0) is 26.0. The fraction of sp³-hybridized carbons (Fsp3) is 0.281. The van der Waals surface area contributed by atoms with Crippen LogP contribution in [-0.4, -0.2) is 0 Å². The summed E-state index contributed by atoms with van der Waals surface area (Å²) in [6, 6.07) is 13.7. The van der Waals surface area contributed by atoms with Crippen molar-refractivity contribution in [3.8, 4) is 0 Å². The number of anilines is 1. The van der Waals surface area contributed by atoms with Crippen LogP contribution in [0.4, 0.5) is 5.69 Å². The monoisotopic (exact) mass is 531 g/mol. The number of benzene rings is 3. The van der Waals surface area contributed by atoms with Crippen LogP contribution in [0.25, 0.3) is 11.1 Å². The van der Waals surface area contributed by atoms with Crippen molar-refractivity contribution in [1.29, 1.82) is 0 Å². The first-order valence-electron chi connectivity index (χ1n) is 11.9. The van der Waals surface area contributed by atoms with Gasteiger partial charge in [0.15, 0.2) is 0 Å². The normalized spacial score (nSPS) is 13.2. The molecule has 0 spiro atoms. The predicted molar refractivity (Wildman–Crippen MR) is 149 cm³/mol. The van der Waals surface area contributed by atoms with Gasteiger partial charge in [0, 0.05) is 0 Å². The Labute approximate surface area is 225 Å². The number of halogens is 1. The summed E-state index contributed by atoms with van der Waals surface area (Å²) in [6.45, 7) is 19.8. The summed E-state index contributed by atoms with van der Waals surface area (Å²) >= 11 is 3.66. The van der Waals surface area contributed by atoms with Gasteiger partial charge >= 0.3 is 25.2 Å². The second-order valence-electron chi connectivity index (χ2n) is 9.92. The topological polar surface area (TPSA) is 3.24 Å². The molecule has 0 saturated carbocycles. The Bertz CT molecular complexity index is 1190. The molecule has 1 radical (unpaired) electrons. The van der Waals surface area contributed by atoms with Crippen molar-refractivity contribution in [3.63, 3.8) is 0 Å². The van der Waals surface area contributed by atoms with Crippen LogP contribution in [0, 0.1) is 74.9 Å². The van der Waals surface area contributed by atoms with Crippen LogP contribution in [0.3, 0.4) is 0 Å². The van der Waals surface area contributed by atoms with Gasteiger partial charge in [-0.05, 0) is 91.1 Å². The van der Waals surface area contributed by atoms with Crippen LogP contribution >= 0.6 is 10.1 Å². The number of rotatable bonds is 3. The second kappa shape index (κ2) is 11.2. The fourth-order valence-electron chi connectivity index (χ4n) is 5.70. The van der Waals surface area contributed by atoms with Gasteiger partial charge in [-0.25, -0.2) is 0 Å². The summed E-state index contributed by atoms with van der Waals surface area (Å²) in [4.78, 5) is 2.23. The first-order chi connectivity index (χ1) is 16.5. The number of hydrogen-bond donors (Lipinski definition) is 0. The zero-order valence-electron chi connectivity index (χ0n) is 22.2. The van der Waals surface area contributed by atoms with E-state index in [9.17, 15) is 0 Å². The molecule has 0 unspecified atom stereocenters. The van der Waals surface area contributed by atoms with Crippen molar-refractivity contribution in [2.24, 2.45) is 0 Å². The van der Waals surface area contributed by atoms with Crippen molar-refractivity contribution >= 4 is 26.9 Å². The third-order valence-corrected chi connectivity index (χ3v) is 6.60. The molecule has 0 saturated heterocycles. The maximum atomic E-state index is 4.20. The number of nitrogens with zero attached hydrogens (tertiary/aromatic N) is 1. The van der Waals surface area contributed by atoms with Crippen LogP contribution in [0.2, 0.25) is 0 Å². The minimum absolute atomic E-state index is 1.14. The van der Waals surface area contributed by atoms with Gasteiger partial charge in [0.1, 0.15) is 0 Å². The first kappa shape index (κ1) is 27.3. The number of allylic oxidation sites excluding steroid dienone is 2. The predicted octanol–water partition coefficient (Wildman–Crippen LogP) is 9.06. The van der Waals surface area contributed by atoms with E-state index < -0.39 is 0 Å². The molecule has 0 aliphatic carbocycles. The third-order valence-electron chi connectivity index (χ3n) is 6.60.